The Kier molecular flexibility index (Phi) is 4.55. The molecule has 2 atom stereocenters. The fourth-order valence-electron chi connectivity index (χ4n) is 1.92. The van der Waals surface area contributed by atoms with E-state index in [1.807, 2.05) is 4.68 Å². The van der Waals surface area contributed by atoms with Gasteiger partial charge < -0.3 is 14.6 Å². The fourth-order valence-corrected chi connectivity index (χ4v) is 2.45. The summed E-state index contributed by atoms with van der Waals surface area (Å²) in [4.78, 5) is 0. The topological polar surface area (TPSA) is 56.5 Å². The van der Waals surface area contributed by atoms with Crippen LogP contribution in [0.3, 0.4) is 0 Å². The molecule has 2 unspecified atom stereocenters. The Morgan fingerprint density at radius 2 is 2.47 bits per heavy atom. The van der Waals surface area contributed by atoms with Gasteiger partial charge in [-0.05, 0) is 22.4 Å². The number of hydrogen-bond acceptors (Lipinski definition) is 4. The maximum absolute atomic E-state index is 10.3. The van der Waals surface area contributed by atoms with Crippen molar-refractivity contribution in [3.05, 3.63) is 16.4 Å². The van der Waals surface area contributed by atoms with Crippen molar-refractivity contribution in [1.82, 2.24) is 9.78 Å². The number of rotatable bonds is 4. The van der Waals surface area contributed by atoms with Gasteiger partial charge in [-0.3, -0.25) is 4.68 Å². The summed E-state index contributed by atoms with van der Waals surface area (Å²) in [7, 11) is 0. The van der Waals surface area contributed by atoms with Crippen molar-refractivity contribution in [1.29, 1.82) is 0 Å². The average Bonchev–Trinajstić information content (AvgIpc) is 2.71. The number of ether oxygens (including phenoxy) is 2. The minimum absolute atomic E-state index is 0.313. The summed E-state index contributed by atoms with van der Waals surface area (Å²) < 4.78 is 13.5. The Morgan fingerprint density at radius 1 is 1.65 bits per heavy atom. The molecule has 1 saturated heterocycles. The third-order valence-corrected chi connectivity index (χ3v) is 3.35. The molecule has 5 nitrogen and oxygen atoms in total. The van der Waals surface area contributed by atoms with Crippen LogP contribution < -0.4 is 0 Å². The van der Waals surface area contributed by atoms with E-state index < -0.39 is 6.10 Å². The van der Waals surface area contributed by atoms with Crippen LogP contribution in [0.25, 0.3) is 0 Å². The molecule has 0 radical (unpaired) electrons. The number of aliphatic hydroxyl groups excluding tert-OH is 1. The van der Waals surface area contributed by atoms with Crippen molar-refractivity contribution in [3.63, 3.8) is 0 Å². The number of nitrogens with zero attached hydrogens (tertiary/aromatic N) is 2. The summed E-state index contributed by atoms with van der Waals surface area (Å²) in [5.41, 5.74) is 0.766. The lowest BCUT2D eigenvalue weighted by Gasteiger charge is -2.27. The molecule has 1 aromatic rings. The highest BCUT2D eigenvalue weighted by atomic mass is 79.9. The maximum atomic E-state index is 10.3. The monoisotopic (exact) mass is 304 g/mol. The summed E-state index contributed by atoms with van der Waals surface area (Å²) in [6, 6.07) is 0. The van der Waals surface area contributed by atoms with E-state index in [0.717, 1.165) is 23.1 Å². The van der Waals surface area contributed by atoms with Gasteiger partial charge in [0.2, 0.25) is 0 Å². The van der Waals surface area contributed by atoms with Crippen molar-refractivity contribution < 1.29 is 14.6 Å². The SMILES string of the molecule is CCCn1ncc(Br)c1C(O)C1COCCO1. The fraction of sp³-hybridized carbons (Fsp3) is 0.727. The van der Waals surface area contributed by atoms with E-state index in [4.69, 9.17) is 9.47 Å². The summed E-state index contributed by atoms with van der Waals surface area (Å²) in [6.07, 6.45) is 1.65. The second-order valence-electron chi connectivity index (χ2n) is 4.03. The molecule has 1 N–H and O–H groups in total. The molecule has 0 spiro atoms. The van der Waals surface area contributed by atoms with Crippen molar-refractivity contribution in [2.24, 2.45) is 0 Å². The largest absolute Gasteiger partial charge is 0.384 e. The number of aliphatic hydroxyl groups is 1. The maximum Gasteiger partial charge on any atom is 0.125 e. The zero-order valence-electron chi connectivity index (χ0n) is 9.80. The quantitative estimate of drug-likeness (QED) is 0.916. The predicted molar refractivity (Wildman–Crippen MR) is 65.7 cm³/mol. The number of halogens is 1. The highest BCUT2D eigenvalue weighted by Gasteiger charge is 2.29. The zero-order chi connectivity index (χ0) is 12.3. The molecule has 0 bridgehead atoms. The van der Waals surface area contributed by atoms with Gasteiger partial charge in [0.15, 0.2) is 0 Å². The van der Waals surface area contributed by atoms with Crippen LogP contribution in [0.15, 0.2) is 10.7 Å². The molecular weight excluding hydrogens is 288 g/mol. The predicted octanol–water partition coefficient (Wildman–Crippen LogP) is 1.50. The Labute approximate surface area is 109 Å². The molecule has 0 aliphatic carbocycles. The zero-order valence-corrected chi connectivity index (χ0v) is 11.4. The highest BCUT2D eigenvalue weighted by Crippen LogP contribution is 2.28. The van der Waals surface area contributed by atoms with Crippen LogP contribution in [0, 0.1) is 0 Å². The third kappa shape index (κ3) is 2.88. The Balaban J connectivity index is 2.16. The Bertz CT molecular complexity index is 364. The molecule has 2 rings (SSSR count). The van der Waals surface area contributed by atoms with E-state index in [2.05, 4.69) is 28.0 Å². The van der Waals surface area contributed by atoms with Crippen molar-refractivity contribution in [3.8, 4) is 0 Å². The lowest BCUT2D eigenvalue weighted by atomic mass is 10.1. The summed E-state index contributed by atoms with van der Waals surface area (Å²) >= 11 is 3.41. The minimum atomic E-state index is -0.710. The van der Waals surface area contributed by atoms with E-state index in [1.165, 1.54) is 0 Å². The van der Waals surface area contributed by atoms with E-state index in [9.17, 15) is 5.11 Å². The van der Waals surface area contributed by atoms with Crippen LogP contribution in [0.5, 0.6) is 0 Å². The van der Waals surface area contributed by atoms with Crippen LogP contribution in [-0.4, -0.2) is 40.8 Å². The molecule has 0 amide bonds. The first-order valence-corrected chi connectivity index (χ1v) is 6.62. The van der Waals surface area contributed by atoms with Gasteiger partial charge in [0.05, 0.1) is 36.2 Å². The standard InChI is InChI=1S/C11H17BrN2O3/c1-2-3-14-10(8(12)6-13-14)11(15)9-7-16-4-5-17-9/h6,9,11,15H,2-5,7H2,1H3. The van der Waals surface area contributed by atoms with E-state index in [0.29, 0.717) is 19.8 Å². The molecule has 0 aromatic carbocycles. The summed E-state index contributed by atoms with van der Waals surface area (Å²) in [5, 5.41) is 14.6. The van der Waals surface area contributed by atoms with Crippen molar-refractivity contribution in [2.45, 2.75) is 32.1 Å². The first-order chi connectivity index (χ1) is 8.24. The number of aryl methyl sites for hydroxylation is 1. The molecule has 1 aliphatic heterocycles. The van der Waals surface area contributed by atoms with Crippen LogP contribution >= 0.6 is 15.9 Å². The third-order valence-electron chi connectivity index (χ3n) is 2.74. The molecule has 2 heterocycles. The molecule has 1 fully saturated rings. The van der Waals surface area contributed by atoms with Gasteiger partial charge in [-0.15, -0.1) is 0 Å². The van der Waals surface area contributed by atoms with E-state index >= 15 is 0 Å². The van der Waals surface area contributed by atoms with Crippen LogP contribution in [0.1, 0.15) is 25.1 Å². The molecule has 1 aliphatic rings. The van der Waals surface area contributed by atoms with Gasteiger partial charge in [0, 0.05) is 6.54 Å². The van der Waals surface area contributed by atoms with Crippen LogP contribution in [0.4, 0.5) is 0 Å². The number of hydrogen-bond donors (Lipinski definition) is 1. The molecule has 6 heteroatoms. The molecule has 1 aromatic heterocycles. The van der Waals surface area contributed by atoms with Gasteiger partial charge >= 0.3 is 0 Å². The molecular formula is C11H17BrN2O3. The highest BCUT2D eigenvalue weighted by molar-refractivity contribution is 9.10. The number of aromatic nitrogens is 2. The van der Waals surface area contributed by atoms with Gasteiger partial charge in [0.1, 0.15) is 12.2 Å². The molecule has 17 heavy (non-hydrogen) atoms. The van der Waals surface area contributed by atoms with Gasteiger partial charge in [-0.25, -0.2) is 0 Å². The second kappa shape index (κ2) is 5.95. The molecule has 0 saturated carbocycles. The first kappa shape index (κ1) is 13.0. The van der Waals surface area contributed by atoms with Gasteiger partial charge in [-0.2, -0.15) is 5.10 Å². The summed E-state index contributed by atoms with van der Waals surface area (Å²) in [6.45, 7) is 4.41. The Morgan fingerprint density at radius 3 is 3.12 bits per heavy atom. The van der Waals surface area contributed by atoms with Crippen LogP contribution in [-0.2, 0) is 16.0 Å². The van der Waals surface area contributed by atoms with E-state index in [1.54, 1.807) is 6.20 Å². The lowest BCUT2D eigenvalue weighted by Crippen LogP contribution is -2.35. The van der Waals surface area contributed by atoms with Crippen molar-refractivity contribution in [2.75, 3.05) is 19.8 Å². The van der Waals surface area contributed by atoms with E-state index in [-0.39, 0.29) is 6.10 Å². The Hall–Kier alpha value is -0.430. The van der Waals surface area contributed by atoms with Gasteiger partial charge in [-0.1, -0.05) is 6.92 Å². The molecule has 96 valence electrons. The first-order valence-electron chi connectivity index (χ1n) is 5.82. The average molecular weight is 305 g/mol. The van der Waals surface area contributed by atoms with Crippen molar-refractivity contribution >= 4 is 15.9 Å². The smallest absolute Gasteiger partial charge is 0.125 e. The summed E-state index contributed by atoms with van der Waals surface area (Å²) in [5.74, 6) is 0. The normalized spacial score (nSPS) is 22.6. The lowest BCUT2D eigenvalue weighted by molar-refractivity contribution is -0.135. The van der Waals surface area contributed by atoms with Gasteiger partial charge in [0.25, 0.3) is 0 Å². The van der Waals surface area contributed by atoms with Crippen LogP contribution in [0.2, 0.25) is 0 Å². The minimum Gasteiger partial charge on any atom is -0.384 e. The second-order valence-corrected chi connectivity index (χ2v) is 4.88.